The van der Waals surface area contributed by atoms with Gasteiger partial charge in [-0.05, 0) is 39.3 Å². The lowest BCUT2D eigenvalue weighted by atomic mass is 10.1. The van der Waals surface area contributed by atoms with Crippen molar-refractivity contribution in [2.24, 2.45) is 12.0 Å². The van der Waals surface area contributed by atoms with E-state index in [-0.39, 0.29) is 30.1 Å². The van der Waals surface area contributed by atoms with E-state index in [1.165, 1.54) is 25.9 Å². The quantitative estimate of drug-likeness (QED) is 0.377. The molecule has 3 heterocycles. The average Bonchev–Trinajstić information content (AvgIpc) is 3.33. The SMILES string of the molecule is CCNC(=NCC(CC)N1CCCC1)N1CCOC(c2cnn(C)c2)C1.I. The molecule has 0 amide bonds. The summed E-state index contributed by atoms with van der Waals surface area (Å²) in [5.41, 5.74) is 1.14. The molecule has 154 valence electrons. The first-order valence-corrected chi connectivity index (χ1v) is 10.1. The van der Waals surface area contributed by atoms with Gasteiger partial charge in [-0.2, -0.15) is 5.10 Å². The number of hydrogen-bond acceptors (Lipinski definition) is 4. The van der Waals surface area contributed by atoms with Crippen molar-refractivity contribution in [1.29, 1.82) is 0 Å². The molecule has 2 atom stereocenters. The third-order valence-electron chi connectivity index (χ3n) is 5.38. The minimum Gasteiger partial charge on any atom is -0.370 e. The Balaban J connectivity index is 0.00000261. The van der Waals surface area contributed by atoms with Crippen LogP contribution < -0.4 is 5.32 Å². The Morgan fingerprint density at radius 3 is 2.74 bits per heavy atom. The smallest absolute Gasteiger partial charge is 0.194 e. The highest BCUT2D eigenvalue weighted by Gasteiger charge is 2.26. The number of nitrogens with one attached hydrogen (secondary N) is 1. The summed E-state index contributed by atoms with van der Waals surface area (Å²) in [6, 6.07) is 0.557. The predicted molar refractivity (Wildman–Crippen MR) is 120 cm³/mol. The maximum Gasteiger partial charge on any atom is 0.194 e. The molecule has 1 N–H and O–H groups in total. The van der Waals surface area contributed by atoms with Gasteiger partial charge in [-0.25, -0.2) is 0 Å². The first kappa shape index (κ1) is 22.4. The van der Waals surface area contributed by atoms with E-state index in [9.17, 15) is 0 Å². The van der Waals surface area contributed by atoms with Gasteiger partial charge in [0.05, 0.1) is 25.9 Å². The van der Waals surface area contributed by atoms with Gasteiger partial charge >= 0.3 is 0 Å². The van der Waals surface area contributed by atoms with Crippen molar-refractivity contribution in [3.05, 3.63) is 18.0 Å². The van der Waals surface area contributed by atoms with Gasteiger partial charge in [-0.1, -0.05) is 6.92 Å². The monoisotopic (exact) mass is 490 g/mol. The Morgan fingerprint density at radius 1 is 1.33 bits per heavy atom. The molecule has 2 fully saturated rings. The Hall–Kier alpha value is -0.870. The van der Waals surface area contributed by atoms with Crippen LogP contribution in [0.3, 0.4) is 0 Å². The third kappa shape index (κ3) is 6.05. The molecule has 0 aromatic carbocycles. The number of hydrogen-bond donors (Lipinski definition) is 1. The molecule has 0 radical (unpaired) electrons. The van der Waals surface area contributed by atoms with Gasteiger partial charge in [-0.15, -0.1) is 24.0 Å². The van der Waals surface area contributed by atoms with Crippen molar-refractivity contribution < 1.29 is 4.74 Å². The average molecular weight is 490 g/mol. The summed E-state index contributed by atoms with van der Waals surface area (Å²) in [5, 5.41) is 7.76. The van der Waals surface area contributed by atoms with Crippen molar-refractivity contribution >= 4 is 29.9 Å². The number of likely N-dealkylation sites (tertiary alicyclic amines) is 1. The highest BCUT2D eigenvalue weighted by Crippen LogP contribution is 2.22. The fourth-order valence-corrected chi connectivity index (χ4v) is 3.88. The van der Waals surface area contributed by atoms with Crippen LogP contribution in [-0.2, 0) is 11.8 Å². The first-order chi connectivity index (χ1) is 12.7. The molecule has 1 aromatic heterocycles. The second-order valence-corrected chi connectivity index (χ2v) is 7.25. The Labute approximate surface area is 180 Å². The van der Waals surface area contributed by atoms with Crippen LogP contribution in [0.25, 0.3) is 0 Å². The maximum atomic E-state index is 5.98. The van der Waals surface area contributed by atoms with Crippen LogP contribution in [-0.4, -0.2) is 77.5 Å². The van der Waals surface area contributed by atoms with E-state index in [2.05, 4.69) is 34.1 Å². The fraction of sp³-hybridized carbons (Fsp3) is 0.789. The number of morpholine rings is 1. The summed E-state index contributed by atoms with van der Waals surface area (Å²) in [6.07, 6.45) is 7.82. The number of aryl methyl sites for hydroxylation is 1. The predicted octanol–water partition coefficient (Wildman–Crippen LogP) is 2.25. The van der Waals surface area contributed by atoms with Crippen molar-refractivity contribution in [3.63, 3.8) is 0 Å². The lowest BCUT2D eigenvalue weighted by Crippen LogP contribution is -2.48. The van der Waals surface area contributed by atoms with E-state index in [0.717, 1.165) is 44.1 Å². The number of nitrogens with zero attached hydrogens (tertiary/aromatic N) is 5. The van der Waals surface area contributed by atoms with Crippen molar-refractivity contribution in [2.75, 3.05) is 45.9 Å². The van der Waals surface area contributed by atoms with E-state index in [0.29, 0.717) is 12.6 Å². The van der Waals surface area contributed by atoms with E-state index < -0.39 is 0 Å². The minimum absolute atomic E-state index is 0. The molecule has 7 nitrogen and oxygen atoms in total. The molecule has 8 heteroatoms. The third-order valence-corrected chi connectivity index (χ3v) is 5.38. The molecular formula is C19H35IN6O. The molecule has 1 aromatic rings. The van der Waals surface area contributed by atoms with Crippen LogP contribution in [0, 0.1) is 0 Å². The Morgan fingerprint density at radius 2 is 2.11 bits per heavy atom. The zero-order chi connectivity index (χ0) is 18.4. The maximum absolute atomic E-state index is 5.98. The van der Waals surface area contributed by atoms with E-state index >= 15 is 0 Å². The van der Waals surface area contributed by atoms with Gasteiger partial charge in [-0.3, -0.25) is 14.6 Å². The van der Waals surface area contributed by atoms with Crippen LogP contribution in [0.5, 0.6) is 0 Å². The zero-order valence-corrected chi connectivity index (χ0v) is 19.3. The van der Waals surface area contributed by atoms with E-state index in [1.807, 2.05) is 24.1 Å². The van der Waals surface area contributed by atoms with E-state index in [4.69, 9.17) is 9.73 Å². The molecule has 3 rings (SSSR count). The molecule has 2 unspecified atom stereocenters. The fourth-order valence-electron chi connectivity index (χ4n) is 3.88. The highest BCUT2D eigenvalue weighted by molar-refractivity contribution is 14.0. The lowest BCUT2D eigenvalue weighted by molar-refractivity contribution is -0.00808. The van der Waals surface area contributed by atoms with Crippen LogP contribution in [0.4, 0.5) is 0 Å². The van der Waals surface area contributed by atoms with E-state index in [1.54, 1.807) is 0 Å². The first-order valence-electron chi connectivity index (χ1n) is 10.1. The largest absolute Gasteiger partial charge is 0.370 e. The summed E-state index contributed by atoms with van der Waals surface area (Å²) in [4.78, 5) is 9.94. The highest BCUT2D eigenvalue weighted by atomic mass is 127. The second-order valence-electron chi connectivity index (χ2n) is 7.25. The van der Waals surface area contributed by atoms with Crippen LogP contribution in [0.1, 0.15) is 44.8 Å². The second kappa shape index (κ2) is 11.2. The number of ether oxygens (including phenoxy) is 1. The topological polar surface area (TPSA) is 57.9 Å². The minimum atomic E-state index is 0. The number of aliphatic imine (C=N–C) groups is 1. The standard InChI is InChI=1S/C19H34N6O.HI/c1-4-17(24-8-6-7-9-24)13-21-19(20-5-2)25-10-11-26-18(15-25)16-12-22-23(3)14-16;/h12,14,17-18H,4-11,13,15H2,1-3H3,(H,20,21);1H. The van der Waals surface area contributed by atoms with Gasteiger partial charge in [0.15, 0.2) is 5.96 Å². The molecule has 0 saturated carbocycles. The van der Waals surface area contributed by atoms with Crippen molar-refractivity contribution in [3.8, 4) is 0 Å². The lowest BCUT2D eigenvalue weighted by Gasteiger charge is -2.35. The Kier molecular flexibility index (Phi) is 9.31. The number of halogens is 1. The summed E-state index contributed by atoms with van der Waals surface area (Å²) >= 11 is 0. The summed E-state index contributed by atoms with van der Waals surface area (Å²) in [7, 11) is 1.94. The van der Waals surface area contributed by atoms with Crippen molar-refractivity contribution in [2.45, 2.75) is 45.3 Å². The van der Waals surface area contributed by atoms with Crippen LogP contribution in [0.15, 0.2) is 17.4 Å². The van der Waals surface area contributed by atoms with Gasteiger partial charge < -0.3 is 15.0 Å². The number of rotatable bonds is 6. The summed E-state index contributed by atoms with van der Waals surface area (Å²) < 4.78 is 7.81. The molecule has 2 aliphatic rings. The van der Waals surface area contributed by atoms with Crippen molar-refractivity contribution in [1.82, 2.24) is 24.9 Å². The van der Waals surface area contributed by atoms with Gasteiger partial charge in [0.1, 0.15) is 6.10 Å². The molecular weight excluding hydrogens is 455 g/mol. The number of aromatic nitrogens is 2. The summed E-state index contributed by atoms with van der Waals surface area (Å²) in [6.45, 7) is 11.0. The van der Waals surface area contributed by atoms with Gasteiger partial charge in [0.25, 0.3) is 0 Å². The molecule has 0 aliphatic carbocycles. The summed E-state index contributed by atoms with van der Waals surface area (Å²) in [5.74, 6) is 1.02. The molecule has 2 saturated heterocycles. The van der Waals surface area contributed by atoms with Crippen LogP contribution >= 0.6 is 24.0 Å². The normalized spacial score (nSPS) is 22.6. The van der Waals surface area contributed by atoms with Gasteiger partial charge in [0, 0.05) is 37.9 Å². The molecule has 0 spiro atoms. The Bertz CT molecular complexity index is 587. The van der Waals surface area contributed by atoms with Crippen LogP contribution in [0.2, 0.25) is 0 Å². The molecule has 0 bridgehead atoms. The zero-order valence-electron chi connectivity index (χ0n) is 16.9. The van der Waals surface area contributed by atoms with Gasteiger partial charge in [0.2, 0.25) is 0 Å². The molecule has 2 aliphatic heterocycles. The number of guanidine groups is 1. The molecule has 27 heavy (non-hydrogen) atoms.